The molecule has 1 aliphatic rings. The predicted molar refractivity (Wildman–Crippen MR) is 62.1 cm³/mol. The molecule has 1 aliphatic heterocycles. The van der Waals surface area contributed by atoms with E-state index in [9.17, 15) is 5.11 Å². The molecule has 0 aromatic carbocycles. The average molecular weight is 211 g/mol. The van der Waals surface area contributed by atoms with Crippen molar-refractivity contribution in [3.8, 4) is 0 Å². The number of nitrogens with zero attached hydrogens (tertiary/aromatic N) is 1. The second kappa shape index (κ2) is 3.97. The molecule has 1 atom stereocenters. The van der Waals surface area contributed by atoms with E-state index in [1.165, 1.54) is 0 Å². The highest BCUT2D eigenvalue weighted by Crippen LogP contribution is 2.28. The highest BCUT2D eigenvalue weighted by atomic mass is 16.5. The maximum atomic E-state index is 10.3. The van der Waals surface area contributed by atoms with Gasteiger partial charge in [-0.15, -0.1) is 0 Å². The van der Waals surface area contributed by atoms with Gasteiger partial charge in [0.2, 0.25) is 5.90 Å². The summed E-state index contributed by atoms with van der Waals surface area (Å²) < 4.78 is 5.44. The largest absolute Gasteiger partial charge is 0.476 e. The maximum Gasteiger partial charge on any atom is 0.221 e. The van der Waals surface area contributed by atoms with Gasteiger partial charge in [0.1, 0.15) is 6.61 Å². The van der Waals surface area contributed by atoms with Gasteiger partial charge in [-0.2, -0.15) is 0 Å². The Morgan fingerprint density at radius 2 is 2.27 bits per heavy atom. The zero-order chi connectivity index (χ0) is 11.7. The minimum absolute atomic E-state index is 0.230. The van der Waals surface area contributed by atoms with Crippen LogP contribution in [0.25, 0.3) is 0 Å². The number of rotatable bonds is 4. The molecule has 0 aromatic rings. The third-order valence-corrected chi connectivity index (χ3v) is 2.62. The van der Waals surface area contributed by atoms with Crippen LogP contribution in [0.5, 0.6) is 0 Å². The van der Waals surface area contributed by atoms with E-state index in [1.54, 1.807) is 6.92 Å². The zero-order valence-corrected chi connectivity index (χ0v) is 10.1. The minimum Gasteiger partial charge on any atom is -0.476 e. The van der Waals surface area contributed by atoms with E-state index >= 15 is 0 Å². The van der Waals surface area contributed by atoms with Crippen molar-refractivity contribution in [3.05, 3.63) is 12.2 Å². The summed E-state index contributed by atoms with van der Waals surface area (Å²) in [5, 5.41) is 10.3. The van der Waals surface area contributed by atoms with Gasteiger partial charge >= 0.3 is 0 Å². The first-order chi connectivity index (χ1) is 6.79. The molecule has 0 saturated carbocycles. The standard InChI is InChI=1S/C12H21NO2/c1-6-7-9(2)12(5,14)10-13-11(3,4)8-15-10/h14H,2,6-8H2,1,3-5H3. The summed E-state index contributed by atoms with van der Waals surface area (Å²) in [6.45, 7) is 12.2. The smallest absolute Gasteiger partial charge is 0.221 e. The van der Waals surface area contributed by atoms with Gasteiger partial charge in [-0.25, -0.2) is 4.99 Å². The lowest BCUT2D eigenvalue weighted by atomic mass is 9.93. The third kappa shape index (κ3) is 2.59. The van der Waals surface area contributed by atoms with E-state index in [1.807, 2.05) is 13.8 Å². The van der Waals surface area contributed by atoms with Crippen LogP contribution >= 0.6 is 0 Å². The summed E-state index contributed by atoms with van der Waals surface area (Å²) in [7, 11) is 0. The van der Waals surface area contributed by atoms with Crippen molar-refractivity contribution in [2.75, 3.05) is 6.61 Å². The van der Waals surface area contributed by atoms with E-state index in [0.717, 1.165) is 18.4 Å². The van der Waals surface area contributed by atoms with E-state index in [0.29, 0.717) is 12.5 Å². The van der Waals surface area contributed by atoms with Crippen molar-refractivity contribution in [2.24, 2.45) is 4.99 Å². The molecule has 3 nitrogen and oxygen atoms in total. The molecule has 0 aliphatic carbocycles. The van der Waals surface area contributed by atoms with Gasteiger partial charge in [0, 0.05) is 0 Å². The molecule has 3 heteroatoms. The Hall–Kier alpha value is -0.830. The van der Waals surface area contributed by atoms with Crippen LogP contribution in [0.4, 0.5) is 0 Å². The lowest BCUT2D eigenvalue weighted by molar-refractivity contribution is 0.131. The number of aliphatic imine (C=N–C) groups is 1. The second-order valence-electron chi connectivity index (χ2n) is 4.94. The first-order valence-electron chi connectivity index (χ1n) is 5.43. The third-order valence-electron chi connectivity index (χ3n) is 2.62. The normalized spacial score (nSPS) is 22.9. The number of aliphatic hydroxyl groups is 1. The Kier molecular flexibility index (Phi) is 3.24. The minimum atomic E-state index is -1.12. The zero-order valence-electron chi connectivity index (χ0n) is 10.1. The first-order valence-corrected chi connectivity index (χ1v) is 5.43. The van der Waals surface area contributed by atoms with Crippen molar-refractivity contribution in [2.45, 2.75) is 51.7 Å². The van der Waals surface area contributed by atoms with Crippen LogP contribution in [0, 0.1) is 0 Å². The van der Waals surface area contributed by atoms with E-state index in [-0.39, 0.29) is 5.54 Å². The summed E-state index contributed by atoms with van der Waals surface area (Å²) in [5.41, 5.74) is -0.586. The van der Waals surface area contributed by atoms with Crippen LogP contribution in [0.1, 0.15) is 40.5 Å². The van der Waals surface area contributed by atoms with Crippen LogP contribution in [-0.4, -0.2) is 28.8 Å². The molecule has 1 unspecified atom stereocenters. The quantitative estimate of drug-likeness (QED) is 0.725. The van der Waals surface area contributed by atoms with Crippen LogP contribution in [0.2, 0.25) is 0 Å². The van der Waals surface area contributed by atoms with Crippen LogP contribution in [0.15, 0.2) is 17.1 Å². The fourth-order valence-corrected chi connectivity index (χ4v) is 1.53. The lowest BCUT2D eigenvalue weighted by Crippen LogP contribution is -2.37. The molecule has 0 amide bonds. The average Bonchev–Trinajstić information content (AvgIpc) is 2.47. The summed E-state index contributed by atoms with van der Waals surface area (Å²) in [6, 6.07) is 0. The van der Waals surface area contributed by atoms with Crippen molar-refractivity contribution in [1.82, 2.24) is 0 Å². The molecule has 1 rings (SSSR count). The van der Waals surface area contributed by atoms with Crippen LogP contribution < -0.4 is 0 Å². The second-order valence-corrected chi connectivity index (χ2v) is 4.94. The molecule has 0 spiro atoms. The molecule has 0 aromatic heterocycles. The Balaban J connectivity index is 2.83. The number of hydrogen-bond acceptors (Lipinski definition) is 3. The Morgan fingerprint density at radius 1 is 1.67 bits per heavy atom. The lowest BCUT2D eigenvalue weighted by Gasteiger charge is -2.24. The van der Waals surface area contributed by atoms with Crippen LogP contribution in [-0.2, 0) is 4.74 Å². The van der Waals surface area contributed by atoms with Gasteiger partial charge in [-0.05, 0) is 32.8 Å². The highest BCUT2D eigenvalue weighted by Gasteiger charge is 2.39. The molecular formula is C12H21NO2. The molecule has 0 radical (unpaired) electrons. The fourth-order valence-electron chi connectivity index (χ4n) is 1.53. The molecule has 0 bridgehead atoms. The molecule has 15 heavy (non-hydrogen) atoms. The number of ether oxygens (including phenoxy) is 1. The van der Waals surface area contributed by atoms with Crippen molar-refractivity contribution >= 4 is 5.90 Å². The maximum absolute atomic E-state index is 10.3. The Morgan fingerprint density at radius 3 is 2.67 bits per heavy atom. The van der Waals surface area contributed by atoms with Gasteiger partial charge in [-0.1, -0.05) is 19.9 Å². The summed E-state index contributed by atoms with van der Waals surface area (Å²) in [4.78, 5) is 4.38. The SMILES string of the molecule is C=C(CCC)C(C)(O)C1=NC(C)(C)CO1. The molecular weight excluding hydrogens is 190 g/mol. The van der Waals surface area contributed by atoms with E-state index in [2.05, 4.69) is 18.5 Å². The van der Waals surface area contributed by atoms with E-state index in [4.69, 9.17) is 4.74 Å². The summed E-state index contributed by atoms with van der Waals surface area (Å²) in [6.07, 6.45) is 1.75. The van der Waals surface area contributed by atoms with Crippen LogP contribution in [0.3, 0.4) is 0 Å². The molecule has 86 valence electrons. The Labute approximate surface area is 91.9 Å². The molecule has 1 N–H and O–H groups in total. The van der Waals surface area contributed by atoms with Gasteiger partial charge in [0.05, 0.1) is 5.54 Å². The van der Waals surface area contributed by atoms with Gasteiger partial charge < -0.3 is 9.84 Å². The van der Waals surface area contributed by atoms with Gasteiger partial charge in [0.15, 0.2) is 5.60 Å². The van der Waals surface area contributed by atoms with Crippen molar-refractivity contribution in [1.29, 1.82) is 0 Å². The van der Waals surface area contributed by atoms with E-state index < -0.39 is 5.60 Å². The predicted octanol–water partition coefficient (Wildman–Crippen LogP) is 2.30. The first kappa shape index (κ1) is 12.2. The molecule has 1 heterocycles. The Bertz CT molecular complexity index is 290. The van der Waals surface area contributed by atoms with Crippen molar-refractivity contribution < 1.29 is 9.84 Å². The molecule has 0 saturated heterocycles. The summed E-state index contributed by atoms with van der Waals surface area (Å²) in [5.74, 6) is 0.408. The topological polar surface area (TPSA) is 41.8 Å². The van der Waals surface area contributed by atoms with Crippen molar-refractivity contribution in [3.63, 3.8) is 0 Å². The van der Waals surface area contributed by atoms with Gasteiger partial charge in [0.25, 0.3) is 0 Å². The highest BCUT2D eigenvalue weighted by molar-refractivity contribution is 5.89. The summed E-state index contributed by atoms with van der Waals surface area (Å²) >= 11 is 0. The molecule has 0 fully saturated rings. The number of hydrogen-bond donors (Lipinski definition) is 1. The monoisotopic (exact) mass is 211 g/mol. The van der Waals surface area contributed by atoms with Gasteiger partial charge in [-0.3, -0.25) is 0 Å². The fraction of sp³-hybridized carbons (Fsp3) is 0.750.